The first-order valence-electron chi connectivity index (χ1n) is 2.93. The van der Waals surface area contributed by atoms with Gasteiger partial charge in [0.1, 0.15) is 0 Å². The lowest BCUT2D eigenvalue weighted by Crippen LogP contribution is -1.71. The predicted octanol–water partition coefficient (Wildman–Crippen LogP) is 2.37. The van der Waals surface area contributed by atoms with E-state index in [0.717, 1.165) is 6.42 Å². The molecule has 0 aromatic carbocycles. The minimum absolute atomic E-state index is 1.13. The lowest BCUT2D eigenvalue weighted by Gasteiger charge is -1.90. The van der Waals surface area contributed by atoms with Crippen molar-refractivity contribution in [3.63, 3.8) is 0 Å². The maximum Gasteiger partial charge on any atom is -0.0132 e. The highest BCUT2D eigenvalue weighted by Gasteiger charge is 1.81. The maximum absolute atomic E-state index is 5.03. The molecule has 0 saturated carbocycles. The average molecular weight is 108 g/mol. The van der Waals surface area contributed by atoms with Gasteiger partial charge in [-0.15, -0.1) is 6.42 Å². The Hall–Kier alpha value is -0.700. The van der Waals surface area contributed by atoms with Crippen LogP contribution in [0.15, 0.2) is 11.6 Å². The quantitative estimate of drug-likeness (QED) is 0.476. The van der Waals surface area contributed by atoms with Gasteiger partial charge in [0.2, 0.25) is 0 Å². The van der Waals surface area contributed by atoms with E-state index < -0.39 is 0 Å². The molecule has 0 saturated heterocycles. The molecule has 0 unspecified atom stereocenters. The summed E-state index contributed by atoms with van der Waals surface area (Å²) in [6.45, 7) is 4.21. The molecule has 44 valence electrons. The first-order valence-corrected chi connectivity index (χ1v) is 2.93. The monoisotopic (exact) mass is 108 g/mol. The van der Waals surface area contributed by atoms with Crippen molar-refractivity contribution in [3.05, 3.63) is 11.6 Å². The Morgan fingerprint density at radius 1 is 1.75 bits per heavy atom. The Kier molecular flexibility index (Phi) is 4.07. The Morgan fingerprint density at radius 3 is 2.75 bits per heavy atom. The van der Waals surface area contributed by atoms with Crippen LogP contribution in [-0.4, -0.2) is 0 Å². The molecule has 0 N–H and O–H groups in total. The third kappa shape index (κ3) is 3.49. The molecule has 0 radical (unpaired) electrons. The molecule has 0 bridgehead atoms. The summed E-state index contributed by atoms with van der Waals surface area (Å²) in [5, 5.41) is 0. The number of hydrogen-bond donors (Lipinski definition) is 0. The number of rotatable bonds is 2. The van der Waals surface area contributed by atoms with Crippen LogP contribution < -0.4 is 0 Å². The van der Waals surface area contributed by atoms with Gasteiger partial charge in [-0.25, -0.2) is 0 Å². The fourth-order valence-electron chi connectivity index (χ4n) is 0.609. The summed E-state index contributed by atoms with van der Waals surface area (Å²) in [6, 6.07) is 0. The van der Waals surface area contributed by atoms with E-state index in [0.29, 0.717) is 0 Å². The zero-order valence-electron chi connectivity index (χ0n) is 5.57. The van der Waals surface area contributed by atoms with Gasteiger partial charge in [0.15, 0.2) is 0 Å². The fourth-order valence-corrected chi connectivity index (χ4v) is 0.609. The minimum Gasteiger partial charge on any atom is -0.115 e. The van der Waals surface area contributed by atoms with Crippen LogP contribution >= 0.6 is 0 Å². The summed E-state index contributed by atoms with van der Waals surface area (Å²) >= 11 is 0. The highest BCUT2D eigenvalue weighted by molar-refractivity contribution is 5.15. The van der Waals surface area contributed by atoms with Gasteiger partial charge in [-0.3, -0.25) is 0 Å². The molecule has 0 rings (SSSR count). The second kappa shape index (κ2) is 4.46. The standard InChI is InChI=1S/C8H12/c1-4-6-8(3)7-5-2/h1,6H,5,7H2,2-3H3/b8-6-. The fraction of sp³-hybridized carbons (Fsp3) is 0.500. The smallest absolute Gasteiger partial charge is 0.0132 e. The van der Waals surface area contributed by atoms with Gasteiger partial charge in [0.05, 0.1) is 0 Å². The van der Waals surface area contributed by atoms with Crippen molar-refractivity contribution >= 4 is 0 Å². The molecule has 8 heavy (non-hydrogen) atoms. The van der Waals surface area contributed by atoms with E-state index in [4.69, 9.17) is 6.42 Å². The summed E-state index contributed by atoms with van der Waals surface area (Å²) in [5.74, 6) is 2.49. The van der Waals surface area contributed by atoms with E-state index in [2.05, 4.69) is 19.8 Å². The van der Waals surface area contributed by atoms with Crippen LogP contribution in [0.3, 0.4) is 0 Å². The average Bonchev–Trinajstić information content (AvgIpc) is 1.68. The molecular formula is C8H12. The molecule has 0 spiro atoms. The maximum atomic E-state index is 5.03. The van der Waals surface area contributed by atoms with E-state index in [1.54, 1.807) is 0 Å². The zero-order valence-corrected chi connectivity index (χ0v) is 5.57. The minimum atomic E-state index is 1.13. The molecule has 0 nitrogen and oxygen atoms in total. The highest BCUT2D eigenvalue weighted by atomic mass is 13.9. The largest absolute Gasteiger partial charge is 0.115 e. The van der Waals surface area contributed by atoms with E-state index >= 15 is 0 Å². The molecule has 0 aliphatic rings. The Bertz CT molecular complexity index is 112. The molecular weight excluding hydrogens is 96.1 g/mol. The topological polar surface area (TPSA) is 0 Å². The van der Waals surface area contributed by atoms with Crippen LogP contribution in [0.25, 0.3) is 0 Å². The molecule has 0 atom stereocenters. The van der Waals surface area contributed by atoms with Crippen molar-refractivity contribution in [1.29, 1.82) is 0 Å². The SMILES string of the molecule is C#C/C=C(/C)CCC. The molecule has 0 fully saturated rings. The Labute approximate surface area is 51.6 Å². The van der Waals surface area contributed by atoms with E-state index in [9.17, 15) is 0 Å². The van der Waals surface area contributed by atoms with Gasteiger partial charge in [0.25, 0.3) is 0 Å². The zero-order chi connectivity index (χ0) is 6.41. The summed E-state index contributed by atoms with van der Waals surface area (Å²) in [7, 11) is 0. The van der Waals surface area contributed by atoms with Gasteiger partial charge in [-0.2, -0.15) is 0 Å². The van der Waals surface area contributed by atoms with Gasteiger partial charge in [-0.05, 0) is 19.4 Å². The molecule has 0 heterocycles. The van der Waals surface area contributed by atoms with Gasteiger partial charge in [0, 0.05) is 0 Å². The van der Waals surface area contributed by atoms with Gasteiger partial charge in [-0.1, -0.05) is 24.8 Å². The van der Waals surface area contributed by atoms with Crippen LogP contribution in [0.1, 0.15) is 26.7 Å². The van der Waals surface area contributed by atoms with Crippen LogP contribution in [0, 0.1) is 12.3 Å². The van der Waals surface area contributed by atoms with Crippen molar-refractivity contribution in [1.82, 2.24) is 0 Å². The van der Waals surface area contributed by atoms with Crippen LogP contribution in [0.4, 0.5) is 0 Å². The third-order valence-corrected chi connectivity index (χ3v) is 0.974. The summed E-state index contributed by atoms with van der Waals surface area (Å²) in [6.07, 6.45) is 9.17. The highest BCUT2D eigenvalue weighted by Crippen LogP contribution is 2.00. The second-order valence-electron chi connectivity index (χ2n) is 1.91. The van der Waals surface area contributed by atoms with Gasteiger partial charge < -0.3 is 0 Å². The van der Waals surface area contributed by atoms with Crippen molar-refractivity contribution < 1.29 is 0 Å². The molecule has 0 amide bonds. The normalized spacial score (nSPS) is 10.9. The van der Waals surface area contributed by atoms with Crippen molar-refractivity contribution in [2.45, 2.75) is 26.7 Å². The molecule has 0 aromatic heterocycles. The second-order valence-corrected chi connectivity index (χ2v) is 1.91. The molecule has 0 heteroatoms. The van der Waals surface area contributed by atoms with Crippen LogP contribution in [-0.2, 0) is 0 Å². The lowest BCUT2D eigenvalue weighted by molar-refractivity contribution is 0.906. The van der Waals surface area contributed by atoms with Gasteiger partial charge >= 0.3 is 0 Å². The number of hydrogen-bond acceptors (Lipinski definition) is 0. The first-order chi connectivity index (χ1) is 3.81. The molecule has 0 aliphatic heterocycles. The molecule has 0 aromatic rings. The Balaban J connectivity index is 3.49. The third-order valence-electron chi connectivity index (χ3n) is 0.974. The Morgan fingerprint density at radius 2 is 2.38 bits per heavy atom. The van der Waals surface area contributed by atoms with E-state index in [-0.39, 0.29) is 0 Å². The van der Waals surface area contributed by atoms with Crippen LogP contribution in [0.2, 0.25) is 0 Å². The van der Waals surface area contributed by atoms with Crippen molar-refractivity contribution in [2.24, 2.45) is 0 Å². The predicted molar refractivity (Wildman–Crippen MR) is 37.5 cm³/mol. The summed E-state index contributed by atoms with van der Waals surface area (Å²) in [4.78, 5) is 0. The summed E-state index contributed by atoms with van der Waals surface area (Å²) in [5.41, 5.74) is 1.30. The molecule has 0 aliphatic carbocycles. The summed E-state index contributed by atoms with van der Waals surface area (Å²) < 4.78 is 0. The lowest BCUT2D eigenvalue weighted by atomic mass is 10.2. The van der Waals surface area contributed by atoms with Crippen LogP contribution in [0.5, 0.6) is 0 Å². The number of allylic oxidation sites excluding steroid dienone is 2. The van der Waals surface area contributed by atoms with Crippen molar-refractivity contribution in [2.75, 3.05) is 0 Å². The van der Waals surface area contributed by atoms with Crippen molar-refractivity contribution in [3.8, 4) is 12.3 Å². The first kappa shape index (κ1) is 7.30. The van der Waals surface area contributed by atoms with E-state index in [1.807, 2.05) is 6.08 Å². The van der Waals surface area contributed by atoms with E-state index in [1.165, 1.54) is 12.0 Å². The number of terminal acetylenes is 1.